The summed E-state index contributed by atoms with van der Waals surface area (Å²) in [5.74, 6) is 3.20. The lowest BCUT2D eigenvalue weighted by atomic mass is 9.50. The normalized spacial score (nSPS) is 31.4. The number of hydrogen-bond donors (Lipinski definition) is 1. The molecular weight excluding hydrogens is 370 g/mol. The molecule has 2 aromatic carbocycles. The van der Waals surface area contributed by atoms with Gasteiger partial charge in [0.1, 0.15) is 5.75 Å². The number of hydrogen-bond acceptors (Lipinski definition) is 3. The van der Waals surface area contributed by atoms with Gasteiger partial charge in [0.2, 0.25) is 10.0 Å². The summed E-state index contributed by atoms with van der Waals surface area (Å²) in [6.45, 7) is 3.08. The molecule has 4 aliphatic carbocycles. The Morgan fingerprint density at radius 1 is 0.964 bits per heavy atom. The van der Waals surface area contributed by atoms with Crippen LogP contribution in [0.4, 0.5) is 0 Å². The highest BCUT2D eigenvalue weighted by atomic mass is 32.2. The topological polar surface area (TPSA) is 55.4 Å². The Hall–Kier alpha value is -1.59. The van der Waals surface area contributed by atoms with Crippen LogP contribution in [-0.4, -0.2) is 21.6 Å². The maximum atomic E-state index is 13.3. The minimum Gasteiger partial charge on any atom is -0.493 e. The first-order chi connectivity index (χ1) is 13.5. The summed E-state index contributed by atoms with van der Waals surface area (Å²) in [5, 5.41) is 1.58. The third-order valence-corrected chi connectivity index (χ3v) is 8.70. The fraction of sp³-hybridized carbons (Fsp3) is 0.565. The van der Waals surface area contributed by atoms with Crippen LogP contribution >= 0.6 is 0 Å². The van der Waals surface area contributed by atoms with Crippen LogP contribution in [0.25, 0.3) is 10.8 Å². The van der Waals surface area contributed by atoms with E-state index in [4.69, 9.17) is 4.74 Å². The standard InChI is InChI=1S/C23H29NO3S/c1-2-27-21-7-8-22(20-6-4-3-5-19(20)21)28(25,26)24-15-23-12-16-9-17(13-23)11-18(10-16)14-23/h3-8,16-18,24H,2,9-15H2,1H3. The van der Waals surface area contributed by atoms with Gasteiger partial charge in [0.25, 0.3) is 0 Å². The molecule has 4 aliphatic rings. The van der Waals surface area contributed by atoms with E-state index in [-0.39, 0.29) is 5.41 Å². The SMILES string of the molecule is CCOc1ccc(S(=O)(=O)NCC23CC4CC(CC(C4)C2)C3)c2ccccc12. The molecule has 6 rings (SSSR count). The van der Waals surface area contributed by atoms with Crippen molar-refractivity contribution in [3.63, 3.8) is 0 Å². The van der Waals surface area contributed by atoms with Crippen LogP contribution in [0.1, 0.15) is 45.4 Å². The van der Waals surface area contributed by atoms with Crippen molar-refractivity contribution in [1.29, 1.82) is 0 Å². The Labute approximate surface area is 167 Å². The van der Waals surface area contributed by atoms with Crippen LogP contribution in [-0.2, 0) is 10.0 Å². The van der Waals surface area contributed by atoms with E-state index in [1.807, 2.05) is 31.2 Å². The second kappa shape index (κ2) is 6.74. The van der Waals surface area contributed by atoms with Crippen molar-refractivity contribution in [1.82, 2.24) is 4.72 Å². The molecule has 0 unspecified atom stereocenters. The molecule has 0 atom stereocenters. The van der Waals surface area contributed by atoms with Gasteiger partial charge in [-0.15, -0.1) is 0 Å². The fourth-order valence-electron chi connectivity index (χ4n) is 6.59. The lowest BCUT2D eigenvalue weighted by molar-refractivity contribution is -0.0487. The minimum atomic E-state index is -3.57. The van der Waals surface area contributed by atoms with Crippen molar-refractivity contribution in [2.75, 3.05) is 13.2 Å². The summed E-state index contributed by atoms with van der Waals surface area (Å²) in [7, 11) is -3.57. The largest absolute Gasteiger partial charge is 0.493 e. The molecule has 4 saturated carbocycles. The van der Waals surface area contributed by atoms with Gasteiger partial charge in [0.05, 0.1) is 11.5 Å². The van der Waals surface area contributed by atoms with E-state index < -0.39 is 10.0 Å². The number of fused-ring (bicyclic) bond motifs is 1. The van der Waals surface area contributed by atoms with Crippen molar-refractivity contribution in [2.24, 2.45) is 23.2 Å². The summed E-state index contributed by atoms with van der Waals surface area (Å²) >= 11 is 0. The first-order valence-electron chi connectivity index (χ1n) is 10.6. The molecule has 5 heteroatoms. The number of ether oxygens (including phenoxy) is 1. The fourth-order valence-corrected chi connectivity index (χ4v) is 7.96. The Bertz CT molecular complexity index is 963. The number of nitrogens with one attached hydrogen (secondary N) is 1. The van der Waals surface area contributed by atoms with Crippen molar-refractivity contribution >= 4 is 20.8 Å². The van der Waals surface area contributed by atoms with Crippen LogP contribution in [0.15, 0.2) is 41.3 Å². The monoisotopic (exact) mass is 399 g/mol. The van der Waals surface area contributed by atoms with Crippen LogP contribution in [0.3, 0.4) is 0 Å². The smallest absolute Gasteiger partial charge is 0.241 e. The van der Waals surface area contributed by atoms with Gasteiger partial charge in [-0.1, -0.05) is 24.3 Å². The zero-order valence-electron chi connectivity index (χ0n) is 16.5. The summed E-state index contributed by atoms with van der Waals surface area (Å²) in [6, 6.07) is 11.1. The van der Waals surface area contributed by atoms with E-state index in [0.717, 1.165) is 34.3 Å². The van der Waals surface area contributed by atoms with E-state index in [1.165, 1.54) is 38.5 Å². The molecule has 4 nitrogen and oxygen atoms in total. The van der Waals surface area contributed by atoms with Crippen molar-refractivity contribution in [3.05, 3.63) is 36.4 Å². The van der Waals surface area contributed by atoms with Crippen molar-refractivity contribution in [2.45, 2.75) is 50.3 Å². The molecule has 4 bridgehead atoms. The summed E-state index contributed by atoms with van der Waals surface area (Å²) < 4.78 is 35.2. The van der Waals surface area contributed by atoms with E-state index in [1.54, 1.807) is 12.1 Å². The van der Waals surface area contributed by atoms with E-state index >= 15 is 0 Å². The highest BCUT2D eigenvalue weighted by Crippen LogP contribution is 2.59. The zero-order valence-corrected chi connectivity index (χ0v) is 17.3. The third-order valence-electron chi connectivity index (χ3n) is 7.24. The highest BCUT2D eigenvalue weighted by molar-refractivity contribution is 7.89. The predicted molar refractivity (Wildman–Crippen MR) is 111 cm³/mol. The second-order valence-electron chi connectivity index (χ2n) is 9.28. The molecule has 0 aromatic heterocycles. The second-order valence-corrected chi connectivity index (χ2v) is 11.0. The quantitative estimate of drug-likeness (QED) is 0.764. The molecular formula is C23H29NO3S. The van der Waals surface area contributed by atoms with Gasteiger partial charge in [-0.3, -0.25) is 0 Å². The van der Waals surface area contributed by atoms with E-state index in [0.29, 0.717) is 18.0 Å². The van der Waals surface area contributed by atoms with Gasteiger partial charge < -0.3 is 4.74 Å². The van der Waals surface area contributed by atoms with E-state index in [2.05, 4.69) is 4.72 Å². The average molecular weight is 400 g/mol. The number of sulfonamides is 1. The minimum absolute atomic E-state index is 0.183. The Morgan fingerprint density at radius 3 is 2.18 bits per heavy atom. The molecule has 0 spiro atoms. The van der Waals surface area contributed by atoms with Gasteiger partial charge in [-0.05, 0) is 80.8 Å². The lowest BCUT2D eigenvalue weighted by Gasteiger charge is -2.56. The molecule has 150 valence electrons. The summed E-state index contributed by atoms with van der Waals surface area (Å²) in [6.07, 6.45) is 7.71. The van der Waals surface area contributed by atoms with Crippen molar-refractivity contribution in [3.8, 4) is 5.75 Å². The molecule has 2 aromatic rings. The van der Waals surface area contributed by atoms with Crippen LogP contribution in [0.5, 0.6) is 5.75 Å². The Kier molecular flexibility index (Phi) is 4.44. The van der Waals surface area contributed by atoms with Crippen LogP contribution in [0, 0.1) is 23.2 Å². The maximum absolute atomic E-state index is 13.3. The van der Waals surface area contributed by atoms with Gasteiger partial charge in [-0.25, -0.2) is 13.1 Å². The van der Waals surface area contributed by atoms with Gasteiger partial charge in [-0.2, -0.15) is 0 Å². The molecule has 0 saturated heterocycles. The molecule has 0 amide bonds. The molecule has 28 heavy (non-hydrogen) atoms. The highest BCUT2D eigenvalue weighted by Gasteiger charge is 2.51. The predicted octanol–water partition coefficient (Wildman–Crippen LogP) is 4.73. The number of benzene rings is 2. The van der Waals surface area contributed by atoms with E-state index in [9.17, 15) is 8.42 Å². The van der Waals surface area contributed by atoms with Gasteiger partial charge >= 0.3 is 0 Å². The molecule has 0 aliphatic heterocycles. The Balaban J connectivity index is 1.43. The van der Waals surface area contributed by atoms with Crippen LogP contribution < -0.4 is 9.46 Å². The van der Waals surface area contributed by atoms with Gasteiger partial charge in [0.15, 0.2) is 0 Å². The Morgan fingerprint density at radius 2 is 1.57 bits per heavy atom. The zero-order chi connectivity index (χ0) is 19.4. The van der Waals surface area contributed by atoms with Crippen LogP contribution in [0.2, 0.25) is 0 Å². The molecule has 1 N–H and O–H groups in total. The first kappa shape index (κ1) is 18.4. The summed E-state index contributed by atoms with van der Waals surface area (Å²) in [4.78, 5) is 0.358. The average Bonchev–Trinajstić information content (AvgIpc) is 2.66. The number of rotatable bonds is 6. The van der Waals surface area contributed by atoms with Gasteiger partial charge in [0, 0.05) is 17.3 Å². The first-order valence-corrected chi connectivity index (χ1v) is 12.1. The molecule has 4 fully saturated rings. The summed E-state index contributed by atoms with van der Waals surface area (Å²) in [5.41, 5.74) is 0.183. The van der Waals surface area contributed by atoms with Crippen molar-refractivity contribution < 1.29 is 13.2 Å². The molecule has 0 heterocycles. The lowest BCUT2D eigenvalue weighted by Crippen LogP contribution is -2.51. The maximum Gasteiger partial charge on any atom is 0.241 e. The third kappa shape index (κ3) is 3.13. The molecule has 0 radical (unpaired) electrons.